The average molecular weight is 789 g/mol. The third kappa shape index (κ3) is 7.37. The minimum Gasteiger partial charge on any atom is -0.493 e. The molecule has 0 bridgehead atoms. The van der Waals surface area contributed by atoms with E-state index in [1.807, 2.05) is 50.2 Å². The number of esters is 1. The number of benzene rings is 3. The molecule has 3 aromatic carbocycles. The number of methoxy groups -OCH3 is 2. The van der Waals surface area contributed by atoms with Crippen LogP contribution < -0.4 is 33.8 Å². The van der Waals surface area contributed by atoms with Crippen LogP contribution >= 0.6 is 45.5 Å². The fraction of sp³-hybridized carbons (Fsp3) is 0.286. The first kappa shape index (κ1) is 34.5. The minimum absolute atomic E-state index is 0.0807. The van der Waals surface area contributed by atoms with E-state index in [0.29, 0.717) is 54.2 Å². The molecule has 1 atom stereocenters. The Bertz CT molecular complexity index is 2040. The van der Waals surface area contributed by atoms with Gasteiger partial charge in [-0.1, -0.05) is 47.2 Å². The predicted molar refractivity (Wildman–Crippen MR) is 191 cm³/mol. The third-order valence-electron chi connectivity index (χ3n) is 7.27. The number of halogens is 2. The van der Waals surface area contributed by atoms with E-state index in [0.717, 1.165) is 9.13 Å². The van der Waals surface area contributed by atoms with Crippen molar-refractivity contribution in [2.45, 2.75) is 46.4 Å². The van der Waals surface area contributed by atoms with Crippen LogP contribution in [0.25, 0.3) is 6.08 Å². The van der Waals surface area contributed by atoms with E-state index in [1.165, 1.54) is 15.9 Å². The van der Waals surface area contributed by atoms with Crippen molar-refractivity contribution in [3.05, 3.63) is 111 Å². The quantitative estimate of drug-likeness (QED) is 0.128. The van der Waals surface area contributed by atoms with Gasteiger partial charge in [-0.15, -0.1) is 0 Å². The molecule has 2 heterocycles. The number of hydrogen-bond acceptors (Lipinski definition) is 9. The van der Waals surface area contributed by atoms with E-state index in [-0.39, 0.29) is 30.5 Å². The Hall–Kier alpha value is -3.81. The van der Waals surface area contributed by atoms with Gasteiger partial charge in [-0.05, 0) is 92.3 Å². The number of hydrogen-bond donors (Lipinski definition) is 0. The lowest BCUT2D eigenvalue weighted by Crippen LogP contribution is -2.40. The van der Waals surface area contributed by atoms with Gasteiger partial charge in [0.1, 0.15) is 6.61 Å². The molecular weight excluding hydrogens is 755 g/mol. The smallest absolute Gasteiger partial charge is 0.338 e. The third-order valence-corrected chi connectivity index (χ3v) is 9.24. The Kier molecular flexibility index (Phi) is 11.0. The second-order valence-corrected chi connectivity index (χ2v) is 13.4. The zero-order chi connectivity index (χ0) is 33.8. The number of carbonyl (C=O) groups excluding carboxylic acids is 1. The van der Waals surface area contributed by atoms with E-state index in [1.54, 1.807) is 52.3 Å². The summed E-state index contributed by atoms with van der Waals surface area (Å²) in [7, 11) is 3.11. The van der Waals surface area contributed by atoms with E-state index in [4.69, 9.17) is 40.3 Å². The lowest BCUT2D eigenvalue weighted by Gasteiger charge is -2.25. The molecular formula is C35H34ClIN2O7S. The molecule has 0 amide bonds. The fourth-order valence-corrected chi connectivity index (χ4v) is 7.07. The van der Waals surface area contributed by atoms with Crippen molar-refractivity contribution < 1.29 is 28.5 Å². The summed E-state index contributed by atoms with van der Waals surface area (Å²) in [6, 6.07) is 15.8. The molecule has 0 aliphatic carbocycles. The Morgan fingerprint density at radius 3 is 2.51 bits per heavy atom. The van der Waals surface area contributed by atoms with Gasteiger partial charge in [0.05, 0.1) is 48.8 Å². The fourth-order valence-electron chi connectivity index (χ4n) is 5.22. The first-order chi connectivity index (χ1) is 22.6. The van der Waals surface area contributed by atoms with Crippen LogP contribution in [0.5, 0.6) is 23.0 Å². The monoisotopic (exact) mass is 788 g/mol. The van der Waals surface area contributed by atoms with Gasteiger partial charge in [0.25, 0.3) is 5.56 Å². The average Bonchev–Trinajstić information content (AvgIpc) is 3.34. The van der Waals surface area contributed by atoms with E-state index in [2.05, 4.69) is 22.6 Å². The maximum atomic E-state index is 14.3. The molecule has 0 fully saturated rings. The van der Waals surface area contributed by atoms with Crippen molar-refractivity contribution in [1.29, 1.82) is 0 Å². The van der Waals surface area contributed by atoms with Crippen molar-refractivity contribution in [1.82, 2.24) is 4.57 Å². The van der Waals surface area contributed by atoms with Gasteiger partial charge in [0.15, 0.2) is 27.8 Å². The highest BCUT2D eigenvalue weighted by Crippen LogP contribution is 2.37. The van der Waals surface area contributed by atoms with Crippen LogP contribution in [0.15, 0.2) is 75.7 Å². The van der Waals surface area contributed by atoms with Gasteiger partial charge in [0, 0.05) is 19.7 Å². The van der Waals surface area contributed by atoms with Gasteiger partial charge < -0.3 is 23.7 Å². The van der Waals surface area contributed by atoms with Gasteiger partial charge >= 0.3 is 5.97 Å². The number of ether oxygens (including phenoxy) is 5. The Labute approximate surface area is 295 Å². The molecule has 0 N–H and O–H groups in total. The Morgan fingerprint density at radius 1 is 1.09 bits per heavy atom. The van der Waals surface area contributed by atoms with Gasteiger partial charge in [-0.25, -0.2) is 9.79 Å². The maximum Gasteiger partial charge on any atom is 0.338 e. The van der Waals surface area contributed by atoms with Crippen molar-refractivity contribution in [2.75, 3.05) is 20.8 Å². The zero-order valence-corrected chi connectivity index (χ0v) is 30.5. The summed E-state index contributed by atoms with van der Waals surface area (Å²) >= 11 is 9.81. The molecule has 1 aliphatic rings. The number of thiazole rings is 1. The second kappa shape index (κ2) is 15.0. The van der Waals surface area contributed by atoms with Gasteiger partial charge in [0.2, 0.25) is 0 Å². The summed E-state index contributed by atoms with van der Waals surface area (Å²) in [6.45, 7) is 7.69. The summed E-state index contributed by atoms with van der Waals surface area (Å²) < 4.78 is 31.8. The van der Waals surface area contributed by atoms with Crippen LogP contribution in [0.4, 0.5) is 0 Å². The number of nitrogens with zero attached hydrogens (tertiary/aromatic N) is 2. The summed E-state index contributed by atoms with van der Waals surface area (Å²) in [5, 5.41) is 0.583. The van der Waals surface area contributed by atoms with Crippen LogP contribution in [0.1, 0.15) is 50.4 Å². The normalized spacial score (nSPS) is 14.5. The molecule has 9 nitrogen and oxygen atoms in total. The minimum atomic E-state index is -0.823. The molecule has 0 unspecified atom stereocenters. The predicted octanol–water partition coefficient (Wildman–Crippen LogP) is 6.44. The number of carbonyl (C=O) groups is 1. The molecule has 5 rings (SSSR count). The van der Waals surface area contributed by atoms with Crippen molar-refractivity contribution >= 4 is 57.6 Å². The van der Waals surface area contributed by atoms with E-state index in [9.17, 15) is 9.59 Å². The summed E-state index contributed by atoms with van der Waals surface area (Å²) in [6.07, 6.45) is 1.68. The molecule has 1 aromatic heterocycles. The first-order valence-corrected chi connectivity index (χ1v) is 17.1. The number of fused-ring (bicyclic) bond motifs is 1. The van der Waals surface area contributed by atoms with E-state index < -0.39 is 12.0 Å². The molecule has 0 saturated carbocycles. The van der Waals surface area contributed by atoms with Gasteiger partial charge in [-0.3, -0.25) is 9.36 Å². The molecule has 0 radical (unpaired) electrons. The summed E-state index contributed by atoms with van der Waals surface area (Å²) in [5.41, 5.74) is 2.49. The van der Waals surface area contributed by atoms with Crippen LogP contribution in [0, 0.1) is 3.57 Å². The SMILES string of the molecule is CCOC(=O)C1=C(C)N=c2s/c(=C/c3cc(I)cc(OC)c3OCc3ccccc3Cl)c(=O)n2[C@@H]1c1ccc(OC(C)C)c(OC)c1. The van der Waals surface area contributed by atoms with Crippen LogP contribution in [-0.4, -0.2) is 37.5 Å². The topological polar surface area (TPSA) is 97.6 Å². The zero-order valence-electron chi connectivity index (χ0n) is 26.8. The van der Waals surface area contributed by atoms with Crippen molar-refractivity contribution in [3.63, 3.8) is 0 Å². The molecule has 47 heavy (non-hydrogen) atoms. The molecule has 246 valence electrons. The summed E-state index contributed by atoms with van der Waals surface area (Å²) in [4.78, 5) is 32.9. The number of allylic oxidation sites excluding steroid dienone is 1. The number of aromatic nitrogens is 1. The lowest BCUT2D eigenvalue weighted by atomic mass is 9.95. The van der Waals surface area contributed by atoms with Gasteiger partial charge in [-0.2, -0.15) is 0 Å². The highest BCUT2D eigenvalue weighted by molar-refractivity contribution is 14.1. The van der Waals surface area contributed by atoms with Crippen LogP contribution in [0.3, 0.4) is 0 Å². The highest BCUT2D eigenvalue weighted by atomic mass is 127. The second-order valence-electron chi connectivity index (χ2n) is 10.8. The Balaban J connectivity index is 1.68. The highest BCUT2D eigenvalue weighted by Gasteiger charge is 2.34. The molecule has 4 aromatic rings. The van der Waals surface area contributed by atoms with E-state index >= 15 is 0 Å². The lowest BCUT2D eigenvalue weighted by molar-refractivity contribution is -0.139. The van der Waals surface area contributed by atoms with Crippen molar-refractivity contribution in [3.8, 4) is 23.0 Å². The largest absolute Gasteiger partial charge is 0.493 e. The first-order valence-electron chi connectivity index (χ1n) is 14.8. The molecule has 12 heteroatoms. The molecule has 0 spiro atoms. The molecule has 0 saturated heterocycles. The van der Waals surface area contributed by atoms with Crippen LogP contribution in [0.2, 0.25) is 5.02 Å². The van der Waals surface area contributed by atoms with Crippen molar-refractivity contribution in [2.24, 2.45) is 4.99 Å². The number of rotatable bonds is 11. The summed E-state index contributed by atoms with van der Waals surface area (Å²) in [5.74, 6) is 1.45. The maximum absolute atomic E-state index is 14.3. The van der Waals surface area contributed by atoms with Crippen LogP contribution in [-0.2, 0) is 16.1 Å². The Morgan fingerprint density at radius 2 is 1.83 bits per heavy atom. The standard InChI is InChI=1S/C35H34ClIN2O7S/c1-7-44-34(41)30-20(4)38-35-39(31(30)21-12-13-26(46-19(2)3)27(15-21)42-5)33(40)29(47-35)16-23-14-24(37)17-28(43-6)32(23)45-18-22-10-8-9-11-25(22)36/h8-17,19,31H,7,18H2,1-6H3/b29-16+/t31-/m1/s1. The molecule has 1 aliphatic heterocycles.